The van der Waals surface area contributed by atoms with Gasteiger partial charge in [0.05, 0.1) is 22.4 Å². The van der Waals surface area contributed by atoms with Crippen molar-refractivity contribution in [3.05, 3.63) is 30.5 Å². The number of benzene rings is 1. The van der Waals surface area contributed by atoms with Gasteiger partial charge in [-0.1, -0.05) is 6.07 Å². The van der Waals surface area contributed by atoms with Crippen LogP contribution in [0.3, 0.4) is 0 Å². The molecule has 7 nitrogen and oxygen atoms in total. The Morgan fingerprint density at radius 3 is 2.52 bits per heavy atom. The molecule has 2 saturated heterocycles. The molecule has 0 radical (unpaired) electrons. The maximum atomic E-state index is 12.3. The van der Waals surface area contributed by atoms with Gasteiger partial charge in [0.2, 0.25) is 5.91 Å². The number of carbonyl (C=O) groups is 2. The molecule has 3 amide bonds. The highest BCUT2D eigenvalue weighted by atomic mass is 16.7. The number of rotatable bonds is 2. The van der Waals surface area contributed by atoms with Crippen LogP contribution in [-0.4, -0.2) is 41.8 Å². The van der Waals surface area contributed by atoms with Crippen LogP contribution in [0.25, 0.3) is 10.9 Å². The molecule has 2 aliphatic heterocycles. The number of aromatic nitrogens is 1. The molecule has 1 aromatic heterocycles. The van der Waals surface area contributed by atoms with Crippen LogP contribution in [0.1, 0.15) is 34.1 Å². The lowest BCUT2D eigenvalue weighted by Gasteiger charge is -2.32. The van der Waals surface area contributed by atoms with Crippen LogP contribution in [0.4, 0.5) is 10.5 Å². The molecule has 0 atom stereocenters. The minimum atomic E-state index is -0.531. The van der Waals surface area contributed by atoms with E-state index in [-0.39, 0.29) is 12.3 Å². The van der Waals surface area contributed by atoms with Crippen LogP contribution in [0, 0.1) is 0 Å². The van der Waals surface area contributed by atoms with Crippen molar-refractivity contribution < 1.29 is 18.9 Å². The summed E-state index contributed by atoms with van der Waals surface area (Å²) in [7, 11) is -0.531. The van der Waals surface area contributed by atoms with Gasteiger partial charge < -0.3 is 9.31 Å². The highest BCUT2D eigenvalue weighted by Crippen LogP contribution is 2.37. The standard InChI is InChI=1S/C19H22BN3O4/c1-18(2)19(3,4)27-20(26-18)12-10-13-14(21-11-12)6-5-7-15(13)23-9-8-16(24)22-17(23)25/h5-7,10-11H,8-9H2,1-4H3,(H,22,24,25). The number of anilines is 1. The molecule has 140 valence electrons. The largest absolute Gasteiger partial charge is 0.496 e. The quantitative estimate of drug-likeness (QED) is 0.821. The van der Waals surface area contributed by atoms with Crippen molar-refractivity contribution in [2.75, 3.05) is 11.4 Å². The zero-order valence-electron chi connectivity index (χ0n) is 15.9. The molecule has 0 spiro atoms. The van der Waals surface area contributed by atoms with E-state index >= 15 is 0 Å². The molecule has 2 fully saturated rings. The minimum Gasteiger partial charge on any atom is -0.399 e. The lowest BCUT2D eigenvalue weighted by atomic mass is 9.79. The second kappa shape index (κ2) is 6.04. The first kappa shape index (κ1) is 17.9. The SMILES string of the molecule is CC1(C)OB(c2cnc3cccc(N4CCC(=O)NC4=O)c3c2)OC1(C)C. The number of nitrogens with one attached hydrogen (secondary N) is 1. The van der Waals surface area contributed by atoms with Crippen molar-refractivity contribution in [1.82, 2.24) is 10.3 Å². The summed E-state index contributed by atoms with van der Waals surface area (Å²) in [6, 6.07) is 7.12. The minimum absolute atomic E-state index is 0.257. The fourth-order valence-corrected chi connectivity index (χ4v) is 3.29. The van der Waals surface area contributed by atoms with Crippen molar-refractivity contribution in [3.63, 3.8) is 0 Å². The fourth-order valence-electron chi connectivity index (χ4n) is 3.29. The van der Waals surface area contributed by atoms with Gasteiger partial charge in [-0.2, -0.15) is 0 Å². The molecule has 4 rings (SSSR count). The summed E-state index contributed by atoms with van der Waals surface area (Å²) in [5.41, 5.74) is 1.38. The van der Waals surface area contributed by atoms with E-state index in [2.05, 4.69) is 10.3 Å². The smallest absolute Gasteiger partial charge is 0.399 e. The van der Waals surface area contributed by atoms with Gasteiger partial charge in [0.1, 0.15) is 0 Å². The van der Waals surface area contributed by atoms with E-state index in [0.29, 0.717) is 12.2 Å². The van der Waals surface area contributed by atoms with Crippen LogP contribution >= 0.6 is 0 Å². The Morgan fingerprint density at radius 2 is 1.85 bits per heavy atom. The molecule has 1 N–H and O–H groups in total. The third-order valence-electron chi connectivity index (χ3n) is 5.59. The van der Waals surface area contributed by atoms with E-state index in [9.17, 15) is 9.59 Å². The topological polar surface area (TPSA) is 80.8 Å². The average Bonchev–Trinajstić information content (AvgIpc) is 2.82. The maximum Gasteiger partial charge on any atom is 0.496 e. The molecule has 3 heterocycles. The summed E-state index contributed by atoms with van der Waals surface area (Å²) in [5.74, 6) is -0.257. The molecule has 0 aliphatic carbocycles. The second-order valence-corrected chi connectivity index (χ2v) is 7.96. The molecular formula is C19H22BN3O4. The highest BCUT2D eigenvalue weighted by Gasteiger charge is 2.51. The monoisotopic (exact) mass is 367 g/mol. The van der Waals surface area contributed by atoms with Crippen molar-refractivity contribution >= 4 is 41.1 Å². The van der Waals surface area contributed by atoms with E-state index in [1.807, 2.05) is 52.0 Å². The van der Waals surface area contributed by atoms with Crippen LogP contribution in [0.15, 0.2) is 30.5 Å². The molecule has 1 aromatic carbocycles. The Bertz CT molecular complexity index is 928. The summed E-state index contributed by atoms with van der Waals surface area (Å²) in [4.78, 5) is 29.8. The van der Waals surface area contributed by atoms with Crippen LogP contribution < -0.4 is 15.7 Å². The highest BCUT2D eigenvalue weighted by molar-refractivity contribution is 6.62. The fraction of sp³-hybridized carbons (Fsp3) is 0.421. The Labute approximate surface area is 158 Å². The molecule has 0 unspecified atom stereocenters. The maximum absolute atomic E-state index is 12.3. The van der Waals surface area contributed by atoms with Gasteiger partial charge in [0.25, 0.3) is 0 Å². The van der Waals surface area contributed by atoms with Gasteiger partial charge in [-0.05, 0) is 45.9 Å². The zero-order chi connectivity index (χ0) is 19.4. The van der Waals surface area contributed by atoms with Gasteiger partial charge in [-0.15, -0.1) is 0 Å². The number of urea groups is 1. The van der Waals surface area contributed by atoms with Gasteiger partial charge in [-0.3, -0.25) is 20.0 Å². The number of hydrogen-bond donors (Lipinski definition) is 1. The summed E-state index contributed by atoms with van der Waals surface area (Å²) in [5, 5.41) is 3.18. The Hall–Kier alpha value is -2.45. The predicted molar refractivity (Wildman–Crippen MR) is 103 cm³/mol. The van der Waals surface area contributed by atoms with Crippen molar-refractivity contribution in [2.45, 2.75) is 45.3 Å². The zero-order valence-corrected chi connectivity index (χ0v) is 15.9. The third-order valence-corrected chi connectivity index (χ3v) is 5.59. The van der Waals surface area contributed by atoms with Gasteiger partial charge in [0.15, 0.2) is 0 Å². The third kappa shape index (κ3) is 2.98. The lowest BCUT2D eigenvalue weighted by Crippen LogP contribution is -2.49. The number of pyridine rings is 1. The molecule has 0 bridgehead atoms. The first-order valence-electron chi connectivity index (χ1n) is 9.04. The molecule has 0 saturated carbocycles. The Kier molecular flexibility index (Phi) is 4.01. The number of fused-ring (bicyclic) bond motifs is 1. The number of hydrogen-bond acceptors (Lipinski definition) is 5. The predicted octanol–water partition coefficient (Wildman–Crippen LogP) is 1.98. The summed E-state index contributed by atoms with van der Waals surface area (Å²) < 4.78 is 12.2. The van der Waals surface area contributed by atoms with E-state index in [1.165, 1.54) is 0 Å². The second-order valence-electron chi connectivity index (χ2n) is 7.96. The Balaban J connectivity index is 1.74. The average molecular weight is 367 g/mol. The van der Waals surface area contributed by atoms with Crippen LogP contribution in [-0.2, 0) is 14.1 Å². The molecular weight excluding hydrogens is 345 g/mol. The van der Waals surface area contributed by atoms with E-state index in [4.69, 9.17) is 9.31 Å². The van der Waals surface area contributed by atoms with Crippen LogP contribution in [0.2, 0.25) is 0 Å². The summed E-state index contributed by atoms with van der Waals surface area (Å²) in [6.45, 7) is 8.35. The van der Waals surface area contributed by atoms with Crippen molar-refractivity contribution in [3.8, 4) is 0 Å². The molecule has 8 heteroatoms. The molecule has 2 aromatic rings. The first-order chi connectivity index (χ1) is 12.7. The van der Waals surface area contributed by atoms with Gasteiger partial charge in [-0.25, -0.2) is 4.79 Å². The lowest BCUT2D eigenvalue weighted by molar-refractivity contribution is -0.120. The van der Waals surface area contributed by atoms with Crippen molar-refractivity contribution in [1.29, 1.82) is 0 Å². The normalized spacial score (nSPS) is 21.6. The number of imide groups is 1. The van der Waals surface area contributed by atoms with Crippen LogP contribution in [0.5, 0.6) is 0 Å². The van der Waals surface area contributed by atoms with E-state index in [1.54, 1.807) is 11.1 Å². The van der Waals surface area contributed by atoms with E-state index < -0.39 is 24.4 Å². The first-order valence-corrected chi connectivity index (χ1v) is 9.04. The Morgan fingerprint density at radius 1 is 1.15 bits per heavy atom. The number of amides is 3. The number of carbonyl (C=O) groups excluding carboxylic acids is 2. The molecule has 2 aliphatic rings. The van der Waals surface area contributed by atoms with Crippen molar-refractivity contribution in [2.24, 2.45) is 0 Å². The van der Waals surface area contributed by atoms with Gasteiger partial charge in [0, 0.05) is 30.0 Å². The summed E-state index contributed by atoms with van der Waals surface area (Å²) >= 11 is 0. The van der Waals surface area contributed by atoms with Gasteiger partial charge >= 0.3 is 13.1 Å². The van der Waals surface area contributed by atoms with E-state index in [0.717, 1.165) is 16.4 Å². The summed E-state index contributed by atoms with van der Waals surface area (Å²) in [6.07, 6.45) is 2.01. The molecule has 27 heavy (non-hydrogen) atoms. The number of nitrogens with zero attached hydrogens (tertiary/aromatic N) is 2.